The van der Waals surface area contributed by atoms with Crippen LogP contribution in [0.1, 0.15) is 5.69 Å². The van der Waals surface area contributed by atoms with Gasteiger partial charge in [0.25, 0.3) is 0 Å². The van der Waals surface area contributed by atoms with E-state index in [-0.39, 0.29) is 0 Å². The van der Waals surface area contributed by atoms with E-state index in [1.54, 1.807) is 11.3 Å². The SMILES string of the molecule is C#Cc1ncnc2sc(-c3ccccc3)cc12. The van der Waals surface area contributed by atoms with Gasteiger partial charge < -0.3 is 0 Å². The van der Waals surface area contributed by atoms with E-state index >= 15 is 0 Å². The summed E-state index contributed by atoms with van der Waals surface area (Å²) in [4.78, 5) is 10.4. The van der Waals surface area contributed by atoms with Crippen molar-refractivity contribution in [1.82, 2.24) is 9.97 Å². The van der Waals surface area contributed by atoms with Crippen molar-refractivity contribution in [2.24, 2.45) is 0 Å². The molecule has 0 saturated carbocycles. The van der Waals surface area contributed by atoms with Gasteiger partial charge in [0.05, 0.1) is 0 Å². The van der Waals surface area contributed by atoms with Crippen molar-refractivity contribution in [3.05, 3.63) is 48.4 Å². The molecular weight excluding hydrogens is 228 g/mol. The average Bonchev–Trinajstić information content (AvgIpc) is 2.83. The Morgan fingerprint density at radius 2 is 1.94 bits per heavy atom. The second kappa shape index (κ2) is 4.00. The average molecular weight is 236 g/mol. The molecule has 3 heteroatoms. The molecule has 1 aromatic carbocycles. The van der Waals surface area contributed by atoms with Crippen LogP contribution < -0.4 is 0 Å². The van der Waals surface area contributed by atoms with E-state index in [1.165, 1.54) is 11.9 Å². The molecule has 0 aliphatic rings. The van der Waals surface area contributed by atoms with Gasteiger partial charge in [0.2, 0.25) is 0 Å². The second-order valence-electron chi connectivity index (χ2n) is 3.56. The molecule has 0 radical (unpaired) electrons. The normalized spacial score (nSPS) is 10.3. The molecule has 0 spiro atoms. The van der Waals surface area contributed by atoms with E-state index in [1.807, 2.05) is 18.2 Å². The molecule has 80 valence electrons. The summed E-state index contributed by atoms with van der Waals surface area (Å²) in [6.07, 6.45) is 6.94. The lowest BCUT2D eigenvalue weighted by Gasteiger charge is -1.93. The highest BCUT2D eigenvalue weighted by molar-refractivity contribution is 7.21. The van der Waals surface area contributed by atoms with Gasteiger partial charge in [-0.2, -0.15) is 0 Å². The fourth-order valence-corrected chi connectivity index (χ4v) is 2.72. The van der Waals surface area contributed by atoms with E-state index in [9.17, 15) is 0 Å². The molecule has 2 heterocycles. The van der Waals surface area contributed by atoms with Crippen LogP contribution in [0.25, 0.3) is 20.7 Å². The molecule has 0 aliphatic heterocycles. The van der Waals surface area contributed by atoms with Gasteiger partial charge in [-0.15, -0.1) is 17.8 Å². The number of rotatable bonds is 1. The largest absolute Gasteiger partial charge is 0.227 e. The molecule has 2 aromatic heterocycles. The standard InChI is InChI=1S/C14H8N2S/c1-2-12-11-8-13(10-6-4-3-5-7-10)17-14(11)16-9-15-12/h1,3-9H. The zero-order chi connectivity index (χ0) is 11.7. The van der Waals surface area contributed by atoms with E-state index in [4.69, 9.17) is 6.42 Å². The van der Waals surface area contributed by atoms with E-state index in [0.717, 1.165) is 15.1 Å². The first-order valence-corrected chi connectivity index (χ1v) is 5.97. The van der Waals surface area contributed by atoms with Crippen LogP contribution in [0.3, 0.4) is 0 Å². The zero-order valence-electron chi connectivity index (χ0n) is 8.92. The number of terminal acetylenes is 1. The number of nitrogens with zero attached hydrogens (tertiary/aromatic N) is 2. The van der Waals surface area contributed by atoms with Crippen molar-refractivity contribution in [2.45, 2.75) is 0 Å². The highest BCUT2D eigenvalue weighted by atomic mass is 32.1. The molecule has 3 rings (SSSR count). The Balaban J connectivity index is 2.25. The molecule has 0 fully saturated rings. The van der Waals surface area contributed by atoms with Crippen LogP contribution in [0.2, 0.25) is 0 Å². The van der Waals surface area contributed by atoms with Crippen molar-refractivity contribution >= 4 is 21.6 Å². The van der Waals surface area contributed by atoms with Gasteiger partial charge in [0, 0.05) is 10.3 Å². The number of thiophene rings is 1. The van der Waals surface area contributed by atoms with Crippen molar-refractivity contribution < 1.29 is 0 Å². The first-order chi connectivity index (χ1) is 8.38. The maximum absolute atomic E-state index is 5.43. The molecule has 2 nitrogen and oxygen atoms in total. The van der Waals surface area contributed by atoms with Gasteiger partial charge in [-0.1, -0.05) is 30.3 Å². The molecule has 0 amide bonds. The molecule has 0 unspecified atom stereocenters. The summed E-state index contributed by atoms with van der Waals surface area (Å²) >= 11 is 1.63. The fraction of sp³-hybridized carbons (Fsp3) is 0. The van der Waals surface area contributed by atoms with E-state index < -0.39 is 0 Å². The van der Waals surface area contributed by atoms with Gasteiger partial charge in [-0.3, -0.25) is 0 Å². The second-order valence-corrected chi connectivity index (χ2v) is 4.59. The molecule has 0 bridgehead atoms. The molecule has 0 N–H and O–H groups in total. The number of aromatic nitrogens is 2. The first kappa shape index (κ1) is 10.0. The monoisotopic (exact) mass is 236 g/mol. The minimum Gasteiger partial charge on any atom is -0.227 e. The quantitative estimate of drug-likeness (QED) is 0.606. The number of hydrogen-bond donors (Lipinski definition) is 0. The Bertz CT molecular complexity index is 708. The predicted octanol–water partition coefficient (Wildman–Crippen LogP) is 3.34. The van der Waals surface area contributed by atoms with Gasteiger partial charge in [-0.05, 0) is 17.6 Å². The lowest BCUT2D eigenvalue weighted by molar-refractivity contribution is 1.21. The Morgan fingerprint density at radius 3 is 2.71 bits per heavy atom. The van der Waals surface area contributed by atoms with Crippen LogP contribution >= 0.6 is 11.3 Å². The van der Waals surface area contributed by atoms with Crippen LogP contribution in [-0.2, 0) is 0 Å². The zero-order valence-corrected chi connectivity index (χ0v) is 9.74. The van der Waals surface area contributed by atoms with E-state index in [2.05, 4.69) is 34.1 Å². The van der Waals surface area contributed by atoms with Crippen LogP contribution in [0.15, 0.2) is 42.7 Å². The summed E-state index contributed by atoms with van der Waals surface area (Å²) < 4.78 is 0. The Kier molecular flexibility index (Phi) is 2.36. The predicted molar refractivity (Wildman–Crippen MR) is 70.8 cm³/mol. The summed E-state index contributed by atoms with van der Waals surface area (Å²) in [5, 5.41) is 0.957. The van der Waals surface area contributed by atoms with Crippen molar-refractivity contribution in [1.29, 1.82) is 0 Å². The molecule has 0 atom stereocenters. The van der Waals surface area contributed by atoms with E-state index in [0.29, 0.717) is 5.69 Å². The summed E-state index contributed by atoms with van der Waals surface area (Å²) in [6.45, 7) is 0. The van der Waals surface area contributed by atoms with Crippen LogP contribution in [0.4, 0.5) is 0 Å². The Hall–Kier alpha value is -2.18. The van der Waals surface area contributed by atoms with Gasteiger partial charge in [0.15, 0.2) is 0 Å². The van der Waals surface area contributed by atoms with Crippen LogP contribution in [0, 0.1) is 12.3 Å². The maximum atomic E-state index is 5.43. The third-order valence-electron chi connectivity index (χ3n) is 2.52. The minimum atomic E-state index is 0.661. The number of fused-ring (bicyclic) bond motifs is 1. The minimum absolute atomic E-state index is 0.661. The lowest BCUT2D eigenvalue weighted by Crippen LogP contribution is -1.83. The number of hydrogen-bond acceptors (Lipinski definition) is 3. The highest BCUT2D eigenvalue weighted by Gasteiger charge is 2.08. The maximum Gasteiger partial charge on any atom is 0.128 e. The van der Waals surface area contributed by atoms with Crippen LogP contribution in [0.5, 0.6) is 0 Å². The Morgan fingerprint density at radius 1 is 1.12 bits per heavy atom. The van der Waals surface area contributed by atoms with Gasteiger partial charge in [-0.25, -0.2) is 9.97 Å². The summed E-state index contributed by atoms with van der Waals surface area (Å²) in [5.74, 6) is 2.59. The Labute approximate surface area is 103 Å². The smallest absolute Gasteiger partial charge is 0.128 e. The fourth-order valence-electron chi connectivity index (χ4n) is 1.72. The third kappa shape index (κ3) is 1.69. The van der Waals surface area contributed by atoms with Crippen molar-refractivity contribution in [2.75, 3.05) is 0 Å². The number of benzene rings is 1. The topological polar surface area (TPSA) is 25.8 Å². The summed E-state index contributed by atoms with van der Waals surface area (Å²) in [6, 6.07) is 12.3. The highest BCUT2D eigenvalue weighted by Crippen LogP contribution is 2.32. The molecule has 17 heavy (non-hydrogen) atoms. The summed E-state index contributed by atoms with van der Waals surface area (Å²) in [7, 11) is 0. The lowest BCUT2D eigenvalue weighted by atomic mass is 10.2. The summed E-state index contributed by atoms with van der Waals surface area (Å²) in [5.41, 5.74) is 1.84. The third-order valence-corrected chi connectivity index (χ3v) is 3.62. The molecule has 0 aliphatic carbocycles. The first-order valence-electron chi connectivity index (χ1n) is 5.15. The molecule has 3 aromatic rings. The van der Waals surface area contributed by atoms with Gasteiger partial charge >= 0.3 is 0 Å². The van der Waals surface area contributed by atoms with Crippen LogP contribution in [-0.4, -0.2) is 9.97 Å². The van der Waals surface area contributed by atoms with Crippen molar-refractivity contribution in [3.8, 4) is 22.8 Å². The van der Waals surface area contributed by atoms with Gasteiger partial charge in [0.1, 0.15) is 16.9 Å². The molecular formula is C14H8N2S. The van der Waals surface area contributed by atoms with Crippen molar-refractivity contribution in [3.63, 3.8) is 0 Å². The molecule has 0 saturated heterocycles.